The van der Waals surface area contributed by atoms with Crippen LogP contribution in [0, 0.1) is 0 Å². The van der Waals surface area contributed by atoms with Gasteiger partial charge in [-0.3, -0.25) is 0 Å². The number of thioether (sulfide) groups is 2. The molecular formula is C22H20BrN3O4S2. The average molecular weight is 534 g/mol. The van der Waals surface area contributed by atoms with Gasteiger partial charge in [-0.25, -0.2) is 14.6 Å². The molecule has 2 aromatic rings. The summed E-state index contributed by atoms with van der Waals surface area (Å²) in [4.78, 5) is 27.8. The van der Waals surface area contributed by atoms with Crippen LogP contribution in [0.15, 0.2) is 74.8 Å². The Morgan fingerprint density at radius 3 is 2.34 bits per heavy atom. The number of hydrogen-bond donors (Lipinski definition) is 0. The van der Waals surface area contributed by atoms with Crippen molar-refractivity contribution in [3.63, 3.8) is 0 Å². The van der Waals surface area contributed by atoms with Crippen LogP contribution in [0.4, 0.5) is 11.4 Å². The van der Waals surface area contributed by atoms with E-state index >= 15 is 0 Å². The van der Waals surface area contributed by atoms with Gasteiger partial charge < -0.3 is 14.4 Å². The zero-order valence-electron chi connectivity index (χ0n) is 17.6. The first-order chi connectivity index (χ1) is 15.4. The monoisotopic (exact) mass is 533 g/mol. The topological polar surface area (TPSA) is 71.4 Å². The maximum atomic E-state index is 12.8. The Kier molecular flexibility index (Phi) is 6.55. The number of methoxy groups -OCH3 is 1. The van der Waals surface area contributed by atoms with Gasteiger partial charge in [-0.05, 0) is 62.0 Å². The van der Waals surface area contributed by atoms with Crippen LogP contribution in [0.2, 0.25) is 0 Å². The minimum Gasteiger partial charge on any atom is -0.464 e. The molecule has 0 bridgehead atoms. The lowest BCUT2D eigenvalue weighted by Crippen LogP contribution is -2.49. The van der Waals surface area contributed by atoms with E-state index in [-0.39, 0.29) is 11.7 Å². The fraction of sp³-hybridized carbons (Fsp3) is 0.227. The van der Waals surface area contributed by atoms with Crippen LogP contribution in [0.1, 0.15) is 13.8 Å². The number of esters is 2. The smallest absolute Gasteiger partial charge is 0.365 e. The first kappa shape index (κ1) is 22.8. The average Bonchev–Trinajstić information content (AvgIpc) is 3.32. The summed E-state index contributed by atoms with van der Waals surface area (Å²) in [5.74, 6) is -0.944. The molecule has 4 rings (SSSR count). The Morgan fingerprint density at radius 2 is 1.72 bits per heavy atom. The maximum Gasteiger partial charge on any atom is 0.365 e. The molecule has 2 aliphatic rings. The summed E-state index contributed by atoms with van der Waals surface area (Å²) < 4.78 is 10.2. The molecule has 2 heterocycles. The highest BCUT2D eigenvalue weighted by Gasteiger charge is 2.58. The Hall–Kier alpha value is -2.43. The molecule has 2 aromatic carbocycles. The number of carbonyl (C=O) groups is 2. The van der Waals surface area contributed by atoms with Crippen molar-refractivity contribution in [3.8, 4) is 0 Å². The van der Waals surface area contributed by atoms with Gasteiger partial charge in [0.2, 0.25) is 9.37 Å². The van der Waals surface area contributed by atoms with Crippen LogP contribution in [0.25, 0.3) is 0 Å². The number of para-hydroxylation sites is 1. The SMILES string of the molecule is CCOC(=O)C1=C(C)N(c2ccccc2)C2(SC(C(=O)OC)=NN2c2ccc(Br)cc2)S1. The predicted octanol–water partition coefficient (Wildman–Crippen LogP) is 5.15. The van der Waals surface area contributed by atoms with Gasteiger partial charge in [0.05, 0.1) is 19.4 Å². The summed E-state index contributed by atoms with van der Waals surface area (Å²) in [6.07, 6.45) is 0. The Labute approximate surface area is 202 Å². The number of ether oxygens (including phenoxy) is 2. The van der Waals surface area contributed by atoms with Crippen LogP contribution in [-0.2, 0) is 19.1 Å². The minimum atomic E-state index is -0.995. The third-order valence-corrected chi connectivity index (χ3v) is 8.16. The number of carbonyl (C=O) groups excluding carboxylic acids is 2. The van der Waals surface area contributed by atoms with Gasteiger partial charge >= 0.3 is 11.9 Å². The Morgan fingerprint density at radius 1 is 1.03 bits per heavy atom. The van der Waals surface area contributed by atoms with Gasteiger partial charge in [0.15, 0.2) is 0 Å². The van der Waals surface area contributed by atoms with Crippen LogP contribution >= 0.6 is 39.5 Å². The van der Waals surface area contributed by atoms with Crippen molar-refractivity contribution in [1.82, 2.24) is 0 Å². The summed E-state index contributed by atoms with van der Waals surface area (Å²) >= 11 is 6.00. The van der Waals surface area contributed by atoms with Crippen LogP contribution in [0.5, 0.6) is 0 Å². The molecule has 1 unspecified atom stereocenters. The highest BCUT2D eigenvalue weighted by atomic mass is 79.9. The molecule has 0 radical (unpaired) electrons. The van der Waals surface area contributed by atoms with Gasteiger partial charge in [-0.15, -0.1) is 0 Å². The number of nitrogens with zero attached hydrogens (tertiary/aromatic N) is 3. The molecule has 0 saturated carbocycles. The predicted molar refractivity (Wildman–Crippen MR) is 132 cm³/mol. The van der Waals surface area contributed by atoms with Gasteiger partial charge in [0.1, 0.15) is 4.91 Å². The quantitative estimate of drug-likeness (QED) is 0.488. The third kappa shape index (κ3) is 3.91. The molecule has 10 heteroatoms. The Bertz CT molecular complexity index is 1110. The molecule has 166 valence electrons. The van der Waals surface area contributed by atoms with Crippen molar-refractivity contribution in [2.24, 2.45) is 5.10 Å². The maximum absolute atomic E-state index is 12.8. The van der Waals surface area contributed by atoms with E-state index in [2.05, 4.69) is 21.0 Å². The number of anilines is 2. The standard InChI is InChI=1S/C22H20BrN3O4S2/c1-4-30-20(27)18-14(2)25(16-8-6-5-7-9-16)22(31-18)26(17-12-10-15(23)11-13-17)24-19(32-22)21(28)29-3/h5-13H,4H2,1-3H3. The van der Waals surface area contributed by atoms with Crippen LogP contribution < -0.4 is 9.91 Å². The number of allylic oxidation sites excluding steroid dienone is 1. The molecule has 0 fully saturated rings. The minimum absolute atomic E-state index is 0.196. The van der Waals surface area contributed by atoms with E-state index in [4.69, 9.17) is 9.47 Å². The lowest BCUT2D eigenvalue weighted by atomic mass is 10.2. The van der Waals surface area contributed by atoms with E-state index in [0.717, 1.165) is 21.5 Å². The van der Waals surface area contributed by atoms with Crippen molar-refractivity contribution in [3.05, 3.63) is 69.7 Å². The van der Waals surface area contributed by atoms with Crippen molar-refractivity contribution in [1.29, 1.82) is 0 Å². The summed E-state index contributed by atoms with van der Waals surface area (Å²) in [5.41, 5.74) is 2.33. The first-order valence-corrected chi connectivity index (χ1v) is 12.2. The second-order valence-electron chi connectivity index (χ2n) is 6.74. The summed E-state index contributed by atoms with van der Waals surface area (Å²) in [6.45, 7) is 3.91. The van der Waals surface area contributed by atoms with Crippen molar-refractivity contribution in [2.75, 3.05) is 23.6 Å². The lowest BCUT2D eigenvalue weighted by Gasteiger charge is -2.41. The van der Waals surface area contributed by atoms with Crippen molar-refractivity contribution < 1.29 is 19.1 Å². The zero-order chi connectivity index (χ0) is 22.9. The molecule has 0 aliphatic carbocycles. The molecule has 0 aromatic heterocycles. The molecule has 0 amide bonds. The summed E-state index contributed by atoms with van der Waals surface area (Å²) in [5, 5.41) is 6.58. The molecule has 1 atom stereocenters. The van der Waals surface area contributed by atoms with E-state index in [1.807, 2.05) is 66.4 Å². The fourth-order valence-corrected chi connectivity index (χ4v) is 6.65. The molecular weight excluding hydrogens is 514 g/mol. The largest absolute Gasteiger partial charge is 0.464 e. The van der Waals surface area contributed by atoms with Gasteiger partial charge in [-0.2, -0.15) is 5.10 Å². The molecule has 32 heavy (non-hydrogen) atoms. The van der Waals surface area contributed by atoms with Gasteiger partial charge in [0, 0.05) is 15.9 Å². The van der Waals surface area contributed by atoms with Gasteiger partial charge in [-0.1, -0.05) is 45.9 Å². The van der Waals surface area contributed by atoms with Crippen molar-refractivity contribution >= 4 is 67.8 Å². The third-order valence-electron chi connectivity index (χ3n) is 4.78. The lowest BCUT2D eigenvalue weighted by molar-refractivity contribution is -0.137. The van der Waals surface area contributed by atoms with Crippen LogP contribution in [-0.4, -0.2) is 35.0 Å². The van der Waals surface area contributed by atoms with Crippen molar-refractivity contribution in [2.45, 2.75) is 18.2 Å². The number of halogens is 1. The summed E-state index contributed by atoms with van der Waals surface area (Å²) in [6, 6.07) is 17.3. The number of benzene rings is 2. The van der Waals surface area contributed by atoms with E-state index in [1.54, 1.807) is 11.9 Å². The number of rotatable bonds is 5. The highest BCUT2D eigenvalue weighted by molar-refractivity contribution is 9.10. The molecule has 2 aliphatic heterocycles. The fourth-order valence-electron chi connectivity index (χ4n) is 3.41. The molecule has 7 nitrogen and oxygen atoms in total. The van der Waals surface area contributed by atoms with E-state index in [9.17, 15) is 9.59 Å². The van der Waals surface area contributed by atoms with E-state index in [1.165, 1.54) is 30.6 Å². The highest BCUT2D eigenvalue weighted by Crippen LogP contribution is 2.60. The zero-order valence-corrected chi connectivity index (χ0v) is 20.8. The second kappa shape index (κ2) is 9.21. The van der Waals surface area contributed by atoms with Gasteiger partial charge in [0.25, 0.3) is 0 Å². The summed E-state index contributed by atoms with van der Waals surface area (Å²) in [7, 11) is 1.32. The van der Waals surface area contributed by atoms with E-state index in [0.29, 0.717) is 4.91 Å². The first-order valence-electron chi connectivity index (χ1n) is 9.75. The normalized spacial score (nSPS) is 20.1. The molecule has 0 saturated heterocycles. The number of hydrazone groups is 1. The molecule has 1 spiro atoms. The Balaban J connectivity index is 1.89. The molecule has 0 N–H and O–H groups in total. The van der Waals surface area contributed by atoms with E-state index < -0.39 is 16.3 Å². The van der Waals surface area contributed by atoms with Crippen LogP contribution in [0.3, 0.4) is 0 Å². The number of hydrogen-bond acceptors (Lipinski definition) is 9. The second-order valence-corrected chi connectivity index (χ2v) is 10.3.